The van der Waals surface area contributed by atoms with E-state index in [2.05, 4.69) is 33.8 Å². The van der Waals surface area contributed by atoms with Crippen LogP contribution in [0.25, 0.3) is 0 Å². The maximum Gasteiger partial charge on any atom is -0.0231 e. The van der Waals surface area contributed by atoms with Gasteiger partial charge in [-0.05, 0) is 32.6 Å². The zero-order valence-corrected chi connectivity index (χ0v) is 18.4. The minimum atomic E-state index is 0.852. The maximum absolute atomic E-state index is 2.56. The van der Waals surface area contributed by atoms with Crippen LogP contribution in [0.3, 0.4) is 0 Å². The second-order valence-electron chi connectivity index (χ2n) is 8.53. The highest BCUT2D eigenvalue weighted by atomic mass is 14.1. The van der Waals surface area contributed by atoms with Gasteiger partial charge < -0.3 is 0 Å². The molecule has 0 saturated heterocycles. The van der Waals surface area contributed by atoms with Crippen molar-refractivity contribution >= 4 is 0 Å². The molecule has 0 aromatic rings. The summed E-state index contributed by atoms with van der Waals surface area (Å²) < 4.78 is 0. The minimum absolute atomic E-state index is 0.852. The van der Waals surface area contributed by atoms with Gasteiger partial charge >= 0.3 is 0 Å². The van der Waals surface area contributed by atoms with Crippen molar-refractivity contribution in [3.8, 4) is 0 Å². The Balaban J connectivity index is 3.64. The highest BCUT2D eigenvalue weighted by Gasteiger charge is 2.05. The first-order chi connectivity index (χ1) is 12.2. The molecule has 0 aromatic heterocycles. The second kappa shape index (κ2) is 20.1. The SMILES string of the molecule is CCCCCCCCCCC(C=C(C)C)CCCCCCCCCC. The van der Waals surface area contributed by atoms with Crippen molar-refractivity contribution in [3.05, 3.63) is 11.6 Å². The topological polar surface area (TPSA) is 0 Å². The van der Waals surface area contributed by atoms with Gasteiger partial charge in [0.05, 0.1) is 0 Å². The van der Waals surface area contributed by atoms with Gasteiger partial charge in [0.15, 0.2) is 0 Å². The molecule has 0 heterocycles. The molecular weight excluding hydrogens is 300 g/mol. The molecule has 25 heavy (non-hydrogen) atoms. The average Bonchev–Trinajstić information content (AvgIpc) is 2.58. The van der Waals surface area contributed by atoms with Gasteiger partial charge in [-0.1, -0.05) is 128 Å². The number of rotatable bonds is 19. The largest absolute Gasteiger partial charge is 0.0828 e. The summed E-state index contributed by atoms with van der Waals surface area (Å²) >= 11 is 0. The van der Waals surface area contributed by atoms with Gasteiger partial charge in [-0.2, -0.15) is 0 Å². The molecule has 0 aliphatic carbocycles. The predicted octanol–water partition coefficient (Wildman–Crippen LogP) is 9.63. The van der Waals surface area contributed by atoms with Crippen molar-refractivity contribution in [2.45, 2.75) is 143 Å². The van der Waals surface area contributed by atoms with Crippen molar-refractivity contribution < 1.29 is 0 Å². The summed E-state index contributed by atoms with van der Waals surface area (Å²) in [6, 6.07) is 0. The molecule has 0 fully saturated rings. The van der Waals surface area contributed by atoms with Crippen LogP contribution in [0, 0.1) is 5.92 Å². The third-order valence-electron chi connectivity index (χ3n) is 5.43. The van der Waals surface area contributed by atoms with E-state index in [1.165, 1.54) is 121 Å². The summed E-state index contributed by atoms with van der Waals surface area (Å²) in [7, 11) is 0. The fourth-order valence-electron chi connectivity index (χ4n) is 3.86. The van der Waals surface area contributed by atoms with E-state index in [0.29, 0.717) is 0 Å². The minimum Gasteiger partial charge on any atom is -0.0828 e. The van der Waals surface area contributed by atoms with Gasteiger partial charge in [0.25, 0.3) is 0 Å². The number of allylic oxidation sites excluding steroid dienone is 2. The molecule has 0 radical (unpaired) electrons. The molecule has 150 valence electrons. The van der Waals surface area contributed by atoms with Crippen molar-refractivity contribution in [2.75, 3.05) is 0 Å². The normalized spacial score (nSPS) is 11.2. The lowest BCUT2D eigenvalue weighted by atomic mass is 9.92. The first-order valence-electron chi connectivity index (χ1n) is 11.9. The highest BCUT2D eigenvalue weighted by Crippen LogP contribution is 2.22. The number of hydrogen-bond acceptors (Lipinski definition) is 0. The van der Waals surface area contributed by atoms with E-state index in [1.807, 2.05) is 0 Å². The van der Waals surface area contributed by atoms with Crippen molar-refractivity contribution in [2.24, 2.45) is 5.92 Å². The first kappa shape index (κ1) is 24.7. The Kier molecular flexibility index (Phi) is 19.8. The lowest BCUT2D eigenvalue weighted by molar-refractivity contribution is 0.461. The van der Waals surface area contributed by atoms with E-state index in [1.54, 1.807) is 0 Å². The van der Waals surface area contributed by atoms with Gasteiger partial charge in [-0.15, -0.1) is 0 Å². The molecule has 0 bridgehead atoms. The molecule has 0 heteroatoms. The van der Waals surface area contributed by atoms with Crippen LogP contribution in [-0.4, -0.2) is 0 Å². The third-order valence-corrected chi connectivity index (χ3v) is 5.43. The molecule has 0 rings (SSSR count). The summed E-state index contributed by atoms with van der Waals surface area (Å²) in [5, 5.41) is 0. The van der Waals surface area contributed by atoms with E-state index in [-0.39, 0.29) is 0 Å². The summed E-state index contributed by atoms with van der Waals surface area (Å²) in [6.45, 7) is 9.15. The van der Waals surface area contributed by atoms with Gasteiger partial charge in [0.2, 0.25) is 0 Å². The fourth-order valence-corrected chi connectivity index (χ4v) is 3.86. The zero-order chi connectivity index (χ0) is 18.6. The second-order valence-corrected chi connectivity index (χ2v) is 8.53. The molecule has 0 N–H and O–H groups in total. The molecule has 0 saturated carbocycles. The van der Waals surface area contributed by atoms with E-state index >= 15 is 0 Å². The van der Waals surface area contributed by atoms with E-state index in [4.69, 9.17) is 0 Å². The van der Waals surface area contributed by atoms with Gasteiger partial charge in [0, 0.05) is 0 Å². The Labute approximate surface area is 161 Å². The van der Waals surface area contributed by atoms with Gasteiger partial charge in [-0.3, -0.25) is 0 Å². The van der Waals surface area contributed by atoms with Crippen LogP contribution >= 0.6 is 0 Å². The standard InChI is InChI=1S/C25H50/c1-5-7-9-11-13-15-17-19-21-25(23-24(3)4)22-20-18-16-14-12-10-8-6-2/h23,25H,5-22H2,1-4H3. The van der Waals surface area contributed by atoms with Crippen molar-refractivity contribution in [1.29, 1.82) is 0 Å². The molecule has 0 aliphatic rings. The maximum atomic E-state index is 2.56. The number of hydrogen-bond donors (Lipinski definition) is 0. The Bertz CT molecular complexity index is 252. The Morgan fingerprint density at radius 3 is 1.16 bits per heavy atom. The lowest BCUT2D eigenvalue weighted by Gasteiger charge is -2.14. The van der Waals surface area contributed by atoms with Crippen LogP contribution in [0.4, 0.5) is 0 Å². The zero-order valence-electron chi connectivity index (χ0n) is 18.4. The molecule has 0 atom stereocenters. The van der Waals surface area contributed by atoms with E-state index < -0.39 is 0 Å². The van der Waals surface area contributed by atoms with Crippen LogP contribution < -0.4 is 0 Å². The van der Waals surface area contributed by atoms with Crippen molar-refractivity contribution in [3.63, 3.8) is 0 Å². The highest BCUT2D eigenvalue weighted by molar-refractivity contribution is 4.97. The monoisotopic (exact) mass is 350 g/mol. The van der Waals surface area contributed by atoms with Crippen molar-refractivity contribution in [1.82, 2.24) is 0 Å². The molecule has 0 spiro atoms. The summed E-state index contributed by atoms with van der Waals surface area (Å²) in [6.07, 6.45) is 28.5. The van der Waals surface area contributed by atoms with Gasteiger partial charge in [-0.25, -0.2) is 0 Å². The van der Waals surface area contributed by atoms with Crippen LogP contribution in [-0.2, 0) is 0 Å². The number of unbranched alkanes of at least 4 members (excludes halogenated alkanes) is 14. The van der Waals surface area contributed by atoms with E-state index in [0.717, 1.165) is 5.92 Å². The Morgan fingerprint density at radius 2 is 0.840 bits per heavy atom. The smallest absolute Gasteiger partial charge is 0.0231 e. The average molecular weight is 351 g/mol. The van der Waals surface area contributed by atoms with Crippen LogP contribution in [0.2, 0.25) is 0 Å². The summed E-state index contributed by atoms with van der Waals surface area (Å²) in [5.41, 5.74) is 1.52. The first-order valence-corrected chi connectivity index (χ1v) is 11.9. The van der Waals surface area contributed by atoms with Crippen LogP contribution in [0.15, 0.2) is 11.6 Å². The third kappa shape index (κ3) is 19.9. The quantitative estimate of drug-likeness (QED) is 0.161. The molecule has 0 aliphatic heterocycles. The molecular formula is C25H50. The van der Waals surface area contributed by atoms with E-state index in [9.17, 15) is 0 Å². The van der Waals surface area contributed by atoms with Crippen LogP contribution in [0.5, 0.6) is 0 Å². The lowest BCUT2D eigenvalue weighted by Crippen LogP contribution is -1.98. The summed E-state index contributed by atoms with van der Waals surface area (Å²) in [5.74, 6) is 0.852. The Morgan fingerprint density at radius 1 is 0.520 bits per heavy atom. The molecule has 0 amide bonds. The summed E-state index contributed by atoms with van der Waals surface area (Å²) in [4.78, 5) is 0. The van der Waals surface area contributed by atoms with Gasteiger partial charge in [0.1, 0.15) is 0 Å². The molecule has 0 unspecified atom stereocenters. The fraction of sp³-hybridized carbons (Fsp3) is 0.920. The molecule has 0 nitrogen and oxygen atoms in total. The van der Waals surface area contributed by atoms with Crippen LogP contribution in [0.1, 0.15) is 143 Å². The predicted molar refractivity (Wildman–Crippen MR) is 117 cm³/mol. The molecule has 0 aromatic carbocycles. The Hall–Kier alpha value is -0.260.